The number of benzene rings is 3. The summed E-state index contributed by atoms with van der Waals surface area (Å²) >= 11 is 0. The second-order valence-electron chi connectivity index (χ2n) is 7.78. The molecule has 3 aromatic carbocycles. The zero-order valence-corrected chi connectivity index (χ0v) is 16.7. The van der Waals surface area contributed by atoms with Gasteiger partial charge in [-0.25, -0.2) is 4.39 Å². The average molecular weight is 399 g/mol. The van der Waals surface area contributed by atoms with Gasteiger partial charge in [-0.15, -0.1) is 0 Å². The maximum absolute atomic E-state index is 15.5. The summed E-state index contributed by atoms with van der Waals surface area (Å²) in [5.74, 6) is -0.194. The Morgan fingerprint density at radius 2 is 1.73 bits per heavy atom. The number of aromatic amines is 1. The van der Waals surface area contributed by atoms with E-state index in [1.54, 1.807) is 6.07 Å². The minimum absolute atomic E-state index is 0.126. The molecule has 4 nitrogen and oxygen atoms in total. The number of fused-ring (bicyclic) bond motifs is 2. The first-order chi connectivity index (χ1) is 14.6. The van der Waals surface area contributed by atoms with Crippen molar-refractivity contribution in [1.82, 2.24) is 9.88 Å². The molecule has 2 heterocycles. The molecule has 0 saturated heterocycles. The molecule has 30 heavy (non-hydrogen) atoms. The van der Waals surface area contributed by atoms with Crippen LogP contribution in [0.2, 0.25) is 0 Å². The van der Waals surface area contributed by atoms with E-state index in [9.17, 15) is 4.79 Å². The lowest BCUT2D eigenvalue weighted by atomic mass is 10.0. The fourth-order valence-electron chi connectivity index (χ4n) is 4.20. The quantitative estimate of drug-likeness (QED) is 0.520. The topological polar surface area (TPSA) is 39.3 Å². The van der Waals surface area contributed by atoms with E-state index in [4.69, 9.17) is 0 Å². The minimum Gasteiger partial charge on any atom is -0.338 e. The first kappa shape index (κ1) is 18.6. The number of likely N-dealkylation sites (N-methyl/N-ethyl adjacent to an activating group) is 1. The molecule has 0 spiro atoms. The number of H-pyrrole nitrogens is 1. The second-order valence-corrected chi connectivity index (χ2v) is 7.78. The van der Waals surface area contributed by atoms with Crippen LogP contribution >= 0.6 is 0 Å². The lowest BCUT2D eigenvalue weighted by Gasteiger charge is -2.26. The molecule has 0 saturated carbocycles. The number of anilines is 2. The average Bonchev–Trinajstić information content (AvgIpc) is 2.92. The third kappa shape index (κ3) is 3.27. The Hall–Kier alpha value is -3.44. The zero-order valence-electron chi connectivity index (χ0n) is 16.7. The van der Waals surface area contributed by atoms with E-state index in [2.05, 4.69) is 27.9 Å². The van der Waals surface area contributed by atoms with Crippen LogP contribution in [0.4, 0.5) is 15.8 Å². The lowest BCUT2D eigenvalue weighted by molar-refractivity contribution is 0.343. The van der Waals surface area contributed by atoms with Gasteiger partial charge in [-0.05, 0) is 47.8 Å². The number of aromatic nitrogens is 1. The molecule has 0 unspecified atom stereocenters. The van der Waals surface area contributed by atoms with Crippen molar-refractivity contribution in [2.24, 2.45) is 0 Å². The monoisotopic (exact) mass is 399 g/mol. The molecule has 0 atom stereocenters. The van der Waals surface area contributed by atoms with Gasteiger partial charge in [-0.2, -0.15) is 0 Å². The molecule has 1 aliphatic heterocycles. The highest BCUT2D eigenvalue weighted by molar-refractivity contribution is 5.88. The van der Waals surface area contributed by atoms with Gasteiger partial charge < -0.3 is 14.8 Å². The third-order valence-electron chi connectivity index (χ3n) is 5.73. The number of hydrogen-bond donors (Lipinski definition) is 1. The molecule has 1 N–H and O–H groups in total. The van der Waals surface area contributed by atoms with Crippen molar-refractivity contribution in [1.29, 1.82) is 0 Å². The molecule has 4 aromatic rings. The highest BCUT2D eigenvalue weighted by atomic mass is 19.1. The van der Waals surface area contributed by atoms with Gasteiger partial charge in [0.2, 0.25) is 5.56 Å². The molecule has 5 rings (SSSR count). The zero-order chi connectivity index (χ0) is 20.7. The third-order valence-corrected chi connectivity index (χ3v) is 5.73. The van der Waals surface area contributed by atoms with Gasteiger partial charge in [-0.1, -0.05) is 42.5 Å². The van der Waals surface area contributed by atoms with Crippen molar-refractivity contribution in [3.05, 3.63) is 94.5 Å². The van der Waals surface area contributed by atoms with E-state index >= 15 is 4.39 Å². The highest BCUT2D eigenvalue weighted by Gasteiger charge is 2.23. The second kappa shape index (κ2) is 7.43. The Balaban J connectivity index is 1.64. The number of nitrogens with zero attached hydrogens (tertiary/aromatic N) is 2. The van der Waals surface area contributed by atoms with Crippen molar-refractivity contribution < 1.29 is 4.39 Å². The Morgan fingerprint density at radius 3 is 2.60 bits per heavy atom. The molecule has 5 heteroatoms. The molecule has 1 aliphatic rings. The van der Waals surface area contributed by atoms with E-state index in [1.807, 2.05) is 54.6 Å². The molecule has 150 valence electrons. The van der Waals surface area contributed by atoms with Crippen LogP contribution < -0.4 is 10.5 Å². The predicted molar refractivity (Wildman–Crippen MR) is 120 cm³/mol. The molecule has 0 amide bonds. The van der Waals surface area contributed by atoms with E-state index < -0.39 is 0 Å². The van der Waals surface area contributed by atoms with Crippen LogP contribution in [0.3, 0.4) is 0 Å². The van der Waals surface area contributed by atoms with Gasteiger partial charge in [-0.3, -0.25) is 4.79 Å². The standard InChI is InChI=1S/C25H22FN3O/c1-28-13-14-29(23-12-9-17-5-2-3-6-20(17)25(23)26)22-11-10-18(15-19(22)16-28)21-7-4-8-24(30)27-21/h2-12,15H,13-14,16H2,1H3,(H,27,30). The van der Waals surface area contributed by atoms with Crippen LogP contribution in [0.25, 0.3) is 22.0 Å². The fourth-order valence-corrected chi connectivity index (χ4v) is 4.20. The van der Waals surface area contributed by atoms with E-state index in [1.165, 1.54) is 6.07 Å². The summed E-state index contributed by atoms with van der Waals surface area (Å²) < 4.78 is 15.5. The van der Waals surface area contributed by atoms with E-state index in [0.29, 0.717) is 17.6 Å². The van der Waals surface area contributed by atoms with Crippen LogP contribution in [-0.4, -0.2) is 30.0 Å². The first-order valence-corrected chi connectivity index (χ1v) is 10.1. The van der Waals surface area contributed by atoms with Gasteiger partial charge >= 0.3 is 0 Å². The smallest absolute Gasteiger partial charge is 0.248 e. The molecule has 0 aliphatic carbocycles. The minimum atomic E-state index is -0.194. The number of hydrogen-bond acceptors (Lipinski definition) is 3. The predicted octanol–water partition coefficient (Wildman–Crippen LogP) is 4.92. The summed E-state index contributed by atoms with van der Waals surface area (Å²) in [6, 6.07) is 22.7. The van der Waals surface area contributed by atoms with E-state index in [-0.39, 0.29) is 11.4 Å². The SMILES string of the molecule is CN1CCN(c2ccc3ccccc3c2F)c2ccc(-c3cccc(=O)[nH]3)cc2C1. The van der Waals surface area contributed by atoms with Crippen LogP contribution in [0, 0.1) is 5.82 Å². The Kier molecular flexibility index (Phi) is 4.60. The molecule has 0 radical (unpaired) electrons. The van der Waals surface area contributed by atoms with Crippen LogP contribution in [0.15, 0.2) is 77.6 Å². The molecule has 1 aromatic heterocycles. The summed E-state index contributed by atoms with van der Waals surface area (Å²) in [7, 11) is 2.07. The molecule has 0 bridgehead atoms. The van der Waals surface area contributed by atoms with Crippen molar-refractivity contribution in [2.75, 3.05) is 25.0 Å². The highest BCUT2D eigenvalue weighted by Crippen LogP contribution is 2.37. The van der Waals surface area contributed by atoms with Crippen LogP contribution in [0.5, 0.6) is 0 Å². The van der Waals surface area contributed by atoms with Gasteiger partial charge in [0.15, 0.2) is 5.82 Å². The largest absolute Gasteiger partial charge is 0.338 e. The van der Waals surface area contributed by atoms with Crippen LogP contribution in [0.1, 0.15) is 5.56 Å². The number of pyridine rings is 1. The molecule has 0 fully saturated rings. The van der Waals surface area contributed by atoms with Crippen molar-refractivity contribution >= 4 is 22.1 Å². The van der Waals surface area contributed by atoms with Crippen molar-refractivity contribution in [3.63, 3.8) is 0 Å². The number of rotatable bonds is 2. The number of nitrogens with one attached hydrogen (secondary N) is 1. The lowest BCUT2D eigenvalue weighted by Crippen LogP contribution is -2.26. The van der Waals surface area contributed by atoms with Gasteiger partial charge in [0.25, 0.3) is 0 Å². The summed E-state index contributed by atoms with van der Waals surface area (Å²) in [5.41, 5.74) is 4.28. The van der Waals surface area contributed by atoms with Crippen LogP contribution in [-0.2, 0) is 6.54 Å². The summed E-state index contributed by atoms with van der Waals surface area (Å²) in [5, 5.41) is 1.53. The maximum atomic E-state index is 15.5. The normalized spacial score (nSPS) is 14.5. The maximum Gasteiger partial charge on any atom is 0.248 e. The summed E-state index contributed by atoms with van der Waals surface area (Å²) in [6.45, 7) is 2.27. The molecular formula is C25H22FN3O. The van der Waals surface area contributed by atoms with Gasteiger partial charge in [0, 0.05) is 42.5 Å². The van der Waals surface area contributed by atoms with Gasteiger partial charge in [0.1, 0.15) is 0 Å². The van der Waals surface area contributed by atoms with E-state index in [0.717, 1.165) is 41.0 Å². The molecular weight excluding hydrogens is 377 g/mol. The Bertz CT molecular complexity index is 1300. The Morgan fingerprint density at radius 1 is 0.900 bits per heavy atom. The van der Waals surface area contributed by atoms with Crippen molar-refractivity contribution in [3.8, 4) is 11.3 Å². The summed E-state index contributed by atoms with van der Waals surface area (Å²) in [4.78, 5) is 18.9. The first-order valence-electron chi connectivity index (χ1n) is 10.1. The number of halogens is 1. The van der Waals surface area contributed by atoms with Crippen molar-refractivity contribution in [2.45, 2.75) is 6.54 Å². The fraction of sp³-hybridized carbons (Fsp3) is 0.160. The van der Waals surface area contributed by atoms with Gasteiger partial charge in [0.05, 0.1) is 5.69 Å². The Labute approximate surface area is 174 Å². The summed E-state index contributed by atoms with van der Waals surface area (Å²) in [6.07, 6.45) is 0.